The Hall–Kier alpha value is -1.91. The number of nitrogens with one attached hydrogen (secondary N) is 1. The fraction of sp³-hybridized carbons (Fsp3) is 0.607. The molecule has 1 aromatic carbocycles. The van der Waals surface area contributed by atoms with E-state index in [1.54, 1.807) is 5.56 Å². The number of anilines is 1. The fourth-order valence-corrected chi connectivity index (χ4v) is 7.08. The summed E-state index contributed by atoms with van der Waals surface area (Å²) < 4.78 is 0. The zero-order chi connectivity index (χ0) is 21.5. The number of piperazine rings is 1. The van der Waals surface area contributed by atoms with Crippen LogP contribution in [0.4, 0.5) is 5.69 Å². The molecule has 4 nitrogen and oxygen atoms in total. The third-order valence-electron chi connectivity index (χ3n) is 8.79. The molecule has 0 radical (unpaired) electrons. The Morgan fingerprint density at radius 2 is 2.00 bits per heavy atom. The zero-order valence-corrected chi connectivity index (χ0v) is 19.6. The molecule has 2 fully saturated rings. The summed E-state index contributed by atoms with van der Waals surface area (Å²) in [5.41, 5.74) is 7.54. The molecule has 4 heteroatoms. The number of pyridine rings is 1. The first-order valence-electron chi connectivity index (χ1n) is 13.0. The molecule has 0 amide bonds. The van der Waals surface area contributed by atoms with Crippen LogP contribution in [-0.4, -0.2) is 48.1 Å². The molecule has 6 rings (SSSR count). The lowest BCUT2D eigenvalue weighted by molar-refractivity contribution is 0.230. The smallest absolute Gasteiger partial charge is 0.0469 e. The van der Waals surface area contributed by atoms with Crippen LogP contribution in [0.2, 0.25) is 0 Å². The highest BCUT2D eigenvalue weighted by Crippen LogP contribution is 2.39. The Morgan fingerprint density at radius 3 is 2.97 bits per heavy atom. The van der Waals surface area contributed by atoms with Crippen molar-refractivity contribution in [3.63, 3.8) is 0 Å². The predicted molar refractivity (Wildman–Crippen MR) is 131 cm³/mol. The van der Waals surface area contributed by atoms with E-state index in [1.807, 2.05) is 6.20 Å². The van der Waals surface area contributed by atoms with E-state index in [0.717, 1.165) is 12.6 Å². The van der Waals surface area contributed by atoms with Gasteiger partial charge in [-0.2, -0.15) is 0 Å². The Balaban J connectivity index is 1.18. The molecule has 32 heavy (non-hydrogen) atoms. The number of hydrogen-bond acceptors (Lipinski definition) is 4. The topological polar surface area (TPSA) is 31.4 Å². The normalized spacial score (nSPS) is 28.7. The van der Waals surface area contributed by atoms with E-state index < -0.39 is 0 Å². The second-order valence-electron chi connectivity index (χ2n) is 10.7. The van der Waals surface area contributed by atoms with Gasteiger partial charge < -0.3 is 10.2 Å². The van der Waals surface area contributed by atoms with Crippen molar-refractivity contribution >= 4 is 5.69 Å². The summed E-state index contributed by atoms with van der Waals surface area (Å²) in [4.78, 5) is 10.2. The quantitative estimate of drug-likeness (QED) is 0.772. The predicted octanol–water partition coefficient (Wildman–Crippen LogP) is 4.53. The minimum absolute atomic E-state index is 0.570. The van der Waals surface area contributed by atoms with Crippen molar-refractivity contribution in [3.8, 4) is 0 Å². The zero-order valence-electron chi connectivity index (χ0n) is 19.6. The van der Waals surface area contributed by atoms with Gasteiger partial charge in [-0.25, -0.2) is 0 Å². The van der Waals surface area contributed by atoms with Crippen molar-refractivity contribution in [2.24, 2.45) is 5.92 Å². The van der Waals surface area contributed by atoms with Crippen LogP contribution in [0.5, 0.6) is 0 Å². The molecule has 170 valence electrons. The van der Waals surface area contributed by atoms with Gasteiger partial charge in [0, 0.05) is 61.8 Å². The van der Waals surface area contributed by atoms with Crippen LogP contribution in [0.25, 0.3) is 0 Å². The van der Waals surface area contributed by atoms with Crippen LogP contribution in [-0.2, 0) is 19.4 Å². The molecule has 0 bridgehead atoms. The van der Waals surface area contributed by atoms with Gasteiger partial charge in [0.15, 0.2) is 0 Å². The molecular formula is C28H38N4. The maximum Gasteiger partial charge on any atom is 0.0469 e. The molecule has 1 N–H and O–H groups in total. The third-order valence-corrected chi connectivity index (χ3v) is 8.79. The number of aromatic nitrogens is 1. The maximum absolute atomic E-state index is 4.82. The van der Waals surface area contributed by atoms with E-state index in [1.165, 1.54) is 93.6 Å². The molecule has 0 spiro atoms. The lowest BCUT2D eigenvalue weighted by Crippen LogP contribution is -2.50. The summed E-state index contributed by atoms with van der Waals surface area (Å²) in [7, 11) is 0. The van der Waals surface area contributed by atoms with Gasteiger partial charge in [0.05, 0.1) is 0 Å². The van der Waals surface area contributed by atoms with Gasteiger partial charge in [-0.3, -0.25) is 9.88 Å². The number of rotatable bonds is 4. The largest absolute Gasteiger partial charge is 0.368 e. The van der Waals surface area contributed by atoms with Crippen molar-refractivity contribution in [2.75, 3.05) is 31.1 Å². The first kappa shape index (κ1) is 20.7. The van der Waals surface area contributed by atoms with Crippen LogP contribution in [0.1, 0.15) is 67.3 Å². The number of nitrogens with zero attached hydrogens (tertiary/aromatic N) is 3. The molecule has 2 saturated heterocycles. The average Bonchev–Trinajstić information content (AvgIpc) is 3.31. The van der Waals surface area contributed by atoms with E-state index in [9.17, 15) is 0 Å². The highest BCUT2D eigenvalue weighted by atomic mass is 15.3. The van der Waals surface area contributed by atoms with E-state index in [0.29, 0.717) is 17.9 Å². The van der Waals surface area contributed by atoms with Gasteiger partial charge >= 0.3 is 0 Å². The van der Waals surface area contributed by atoms with Crippen molar-refractivity contribution < 1.29 is 0 Å². The molecule has 3 aliphatic heterocycles. The summed E-state index contributed by atoms with van der Waals surface area (Å²) in [6.07, 6.45) is 11.0. The molecule has 0 saturated carbocycles. The van der Waals surface area contributed by atoms with Crippen molar-refractivity contribution in [1.82, 2.24) is 15.2 Å². The summed E-state index contributed by atoms with van der Waals surface area (Å²) in [5, 5.41) is 3.89. The summed E-state index contributed by atoms with van der Waals surface area (Å²) in [6.45, 7) is 8.44. The molecular weight excluding hydrogens is 392 g/mol. The summed E-state index contributed by atoms with van der Waals surface area (Å²) >= 11 is 0. The first-order chi connectivity index (χ1) is 15.8. The van der Waals surface area contributed by atoms with Gasteiger partial charge in [-0.1, -0.05) is 25.1 Å². The molecule has 1 aliphatic carbocycles. The van der Waals surface area contributed by atoms with E-state index >= 15 is 0 Å². The number of hydrogen-bond donors (Lipinski definition) is 1. The SMILES string of the molecule is CC(C[C@H]1Cc2c(cccc2N2CCN3CCC[C@H]3C2)CN1)C1CCCc2cccnc21. The lowest BCUT2D eigenvalue weighted by atomic mass is 9.76. The van der Waals surface area contributed by atoms with Crippen LogP contribution in [0, 0.1) is 5.92 Å². The highest BCUT2D eigenvalue weighted by Gasteiger charge is 2.33. The molecule has 2 aromatic rings. The van der Waals surface area contributed by atoms with Gasteiger partial charge in [-0.15, -0.1) is 0 Å². The standard InChI is InChI=1S/C28H38N4/c1-20(25-10-2-6-21-8-4-12-29-28(21)25)16-23-17-26-22(18-30-23)7-3-11-27(26)32-15-14-31-13-5-9-24(31)19-32/h3-4,7-8,11-12,20,23-25,30H,2,5-6,9-10,13-19H2,1H3/t20?,23-,24-,25?/m0/s1. The molecule has 1 aromatic heterocycles. The molecule has 4 heterocycles. The van der Waals surface area contributed by atoms with E-state index in [2.05, 4.69) is 52.4 Å². The maximum atomic E-state index is 4.82. The summed E-state index contributed by atoms with van der Waals surface area (Å²) in [5.74, 6) is 1.28. The fourth-order valence-electron chi connectivity index (χ4n) is 7.08. The Labute approximate surface area is 193 Å². The first-order valence-corrected chi connectivity index (χ1v) is 13.0. The van der Waals surface area contributed by atoms with Gasteiger partial charge in [0.25, 0.3) is 0 Å². The van der Waals surface area contributed by atoms with Gasteiger partial charge in [-0.05, 0) is 86.2 Å². The van der Waals surface area contributed by atoms with E-state index in [-0.39, 0.29) is 0 Å². The van der Waals surface area contributed by atoms with Crippen LogP contribution < -0.4 is 10.2 Å². The minimum Gasteiger partial charge on any atom is -0.368 e. The summed E-state index contributed by atoms with van der Waals surface area (Å²) in [6, 6.07) is 12.8. The van der Waals surface area contributed by atoms with Crippen LogP contribution in [0.15, 0.2) is 36.5 Å². The number of fused-ring (bicyclic) bond motifs is 3. The van der Waals surface area contributed by atoms with Crippen molar-refractivity contribution in [3.05, 3.63) is 58.9 Å². The van der Waals surface area contributed by atoms with Gasteiger partial charge in [0.1, 0.15) is 0 Å². The Bertz CT molecular complexity index is 956. The van der Waals surface area contributed by atoms with Gasteiger partial charge in [0.2, 0.25) is 0 Å². The van der Waals surface area contributed by atoms with Crippen molar-refractivity contribution in [2.45, 2.75) is 76.4 Å². The second-order valence-corrected chi connectivity index (χ2v) is 10.7. The highest BCUT2D eigenvalue weighted by molar-refractivity contribution is 5.58. The van der Waals surface area contributed by atoms with Crippen LogP contribution >= 0.6 is 0 Å². The third kappa shape index (κ3) is 3.86. The van der Waals surface area contributed by atoms with Crippen molar-refractivity contribution in [1.29, 1.82) is 0 Å². The van der Waals surface area contributed by atoms with Crippen LogP contribution in [0.3, 0.4) is 0 Å². The number of aryl methyl sites for hydroxylation is 1. The molecule has 2 unspecified atom stereocenters. The minimum atomic E-state index is 0.570. The molecule has 4 aliphatic rings. The Kier molecular flexibility index (Phi) is 5.68. The lowest BCUT2D eigenvalue weighted by Gasteiger charge is -2.41. The Morgan fingerprint density at radius 1 is 1.06 bits per heavy atom. The second kappa shape index (κ2) is 8.79. The van der Waals surface area contributed by atoms with E-state index in [4.69, 9.17) is 4.98 Å². The monoisotopic (exact) mass is 430 g/mol. The molecule has 4 atom stereocenters. The average molecular weight is 431 g/mol. The number of benzene rings is 1.